The maximum atomic E-state index is 6.22. The summed E-state index contributed by atoms with van der Waals surface area (Å²) in [6.07, 6.45) is 0. The molecule has 0 aliphatic heterocycles. The lowest BCUT2D eigenvalue weighted by molar-refractivity contribution is 0.412. The third kappa shape index (κ3) is 3.00. The lowest BCUT2D eigenvalue weighted by Crippen LogP contribution is -2.18. The largest absolute Gasteiger partial charge is 0.496 e. The van der Waals surface area contributed by atoms with Gasteiger partial charge in [0, 0.05) is 5.02 Å². The molecule has 0 aromatic heterocycles. The van der Waals surface area contributed by atoms with Crippen LogP contribution in [-0.2, 0) is 0 Å². The van der Waals surface area contributed by atoms with Crippen molar-refractivity contribution in [3.05, 3.63) is 62.6 Å². The minimum Gasteiger partial charge on any atom is -0.496 e. The SMILES string of the molecule is CNC(c1ccc(OC)c(Br)c1)c1cccc(Cl)c1C. The predicted octanol–water partition coefficient (Wildman–Crippen LogP) is 4.73. The molecule has 1 N–H and O–H groups in total. The van der Waals surface area contributed by atoms with Crippen LogP contribution in [0.5, 0.6) is 5.75 Å². The van der Waals surface area contributed by atoms with Gasteiger partial charge in [-0.25, -0.2) is 0 Å². The zero-order valence-electron chi connectivity index (χ0n) is 11.7. The molecular weight excluding hydrogens is 338 g/mol. The van der Waals surface area contributed by atoms with Crippen molar-refractivity contribution in [3.63, 3.8) is 0 Å². The second-order valence-electron chi connectivity index (χ2n) is 4.57. The molecule has 2 aromatic rings. The summed E-state index contributed by atoms with van der Waals surface area (Å²) < 4.78 is 6.22. The molecule has 20 heavy (non-hydrogen) atoms. The molecule has 4 heteroatoms. The van der Waals surface area contributed by atoms with E-state index in [1.165, 1.54) is 5.56 Å². The smallest absolute Gasteiger partial charge is 0.133 e. The van der Waals surface area contributed by atoms with Crippen molar-refractivity contribution in [1.29, 1.82) is 0 Å². The van der Waals surface area contributed by atoms with Gasteiger partial charge < -0.3 is 10.1 Å². The van der Waals surface area contributed by atoms with Crippen molar-refractivity contribution >= 4 is 27.5 Å². The van der Waals surface area contributed by atoms with Crippen LogP contribution in [0, 0.1) is 6.92 Å². The van der Waals surface area contributed by atoms with Crippen LogP contribution in [0.4, 0.5) is 0 Å². The Hall–Kier alpha value is -1.03. The van der Waals surface area contributed by atoms with Gasteiger partial charge in [0.05, 0.1) is 17.6 Å². The summed E-state index contributed by atoms with van der Waals surface area (Å²) in [6, 6.07) is 12.2. The molecule has 0 fully saturated rings. The summed E-state index contributed by atoms with van der Waals surface area (Å²) in [6.45, 7) is 2.04. The average molecular weight is 355 g/mol. The van der Waals surface area contributed by atoms with Gasteiger partial charge in [-0.05, 0) is 64.8 Å². The lowest BCUT2D eigenvalue weighted by atomic mass is 9.95. The molecule has 0 saturated carbocycles. The second-order valence-corrected chi connectivity index (χ2v) is 5.83. The van der Waals surface area contributed by atoms with E-state index in [2.05, 4.69) is 39.4 Å². The molecule has 1 atom stereocenters. The van der Waals surface area contributed by atoms with E-state index < -0.39 is 0 Å². The van der Waals surface area contributed by atoms with Crippen molar-refractivity contribution in [2.45, 2.75) is 13.0 Å². The molecule has 0 heterocycles. The monoisotopic (exact) mass is 353 g/mol. The Balaban J connectivity index is 2.47. The van der Waals surface area contributed by atoms with Crippen LogP contribution in [0.1, 0.15) is 22.7 Å². The Morgan fingerprint density at radius 2 is 2.00 bits per heavy atom. The summed E-state index contributed by atoms with van der Waals surface area (Å²) in [5, 5.41) is 4.13. The quantitative estimate of drug-likeness (QED) is 0.857. The van der Waals surface area contributed by atoms with Gasteiger partial charge in [0.1, 0.15) is 5.75 Å². The highest BCUT2D eigenvalue weighted by atomic mass is 79.9. The number of ether oxygens (including phenoxy) is 1. The summed E-state index contributed by atoms with van der Waals surface area (Å²) in [5.74, 6) is 0.825. The zero-order valence-corrected chi connectivity index (χ0v) is 14.0. The first kappa shape index (κ1) is 15.4. The van der Waals surface area contributed by atoms with Crippen LogP contribution in [0.25, 0.3) is 0 Å². The molecule has 0 spiro atoms. The van der Waals surface area contributed by atoms with Crippen molar-refractivity contribution in [2.75, 3.05) is 14.2 Å². The highest BCUT2D eigenvalue weighted by molar-refractivity contribution is 9.10. The number of hydrogen-bond donors (Lipinski definition) is 1. The fourth-order valence-corrected chi connectivity index (χ4v) is 3.04. The Bertz CT molecular complexity index is 615. The normalized spacial score (nSPS) is 12.2. The highest BCUT2D eigenvalue weighted by Gasteiger charge is 2.16. The van der Waals surface area contributed by atoms with Gasteiger partial charge in [-0.15, -0.1) is 0 Å². The zero-order chi connectivity index (χ0) is 14.7. The molecule has 0 aliphatic rings. The molecule has 0 radical (unpaired) electrons. The molecule has 0 saturated heterocycles. The first-order valence-corrected chi connectivity index (χ1v) is 7.51. The minimum absolute atomic E-state index is 0.0934. The average Bonchev–Trinajstić information content (AvgIpc) is 2.44. The first-order valence-electron chi connectivity index (χ1n) is 6.34. The van der Waals surface area contributed by atoms with E-state index in [-0.39, 0.29) is 6.04 Å². The minimum atomic E-state index is 0.0934. The Morgan fingerprint density at radius 1 is 1.25 bits per heavy atom. The van der Waals surface area contributed by atoms with Crippen LogP contribution in [0.2, 0.25) is 5.02 Å². The molecular formula is C16H17BrClNO. The van der Waals surface area contributed by atoms with Crippen molar-refractivity contribution < 1.29 is 4.74 Å². The van der Waals surface area contributed by atoms with E-state index in [0.717, 1.165) is 26.4 Å². The number of methoxy groups -OCH3 is 1. The summed E-state index contributed by atoms with van der Waals surface area (Å²) in [7, 11) is 3.61. The third-order valence-corrected chi connectivity index (χ3v) is 4.45. The predicted molar refractivity (Wildman–Crippen MR) is 87.8 cm³/mol. The maximum Gasteiger partial charge on any atom is 0.133 e. The number of hydrogen-bond acceptors (Lipinski definition) is 2. The van der Waals surface area contributed by atoms with E-state index >= 15 is 0 Å². The van der Waals surface area contributed by atoms with Gasteiger partial charge in [-0.1, -0.05) is 29.8 Å². The summed E-state index contributed by atoms with van der Waals surface area (Å²) in [5.41, 5.74) is 3.43. The fraction of sp³-hybridized carbons (Fsp3) is 0.250. The van der Waals surface area contributed by atoms with Crippen molar-refractivity contribution in [1.82, 2.24) is 5.32 Å². The van der Waals surface area contributed by atoms with Crippen LogP contribution >= 0.6 is 27.5 Å². The van der Waals surface area contributed by atoms with Gasteiger partial charge in [0.15, 0.2) is 0 Å². The maximum absolute atomic E-state index is 6.22. The van der Waals surface area contributed by atoms with Gasteiger partial charge in [0.25, 0.3) is 0 Å². The molecule has 0 aliphatic carbocycles. The Morgan fingerprint density at radius 3 is 2.60 bits per heavy atom. The van der Waals surface area contributed by atoms with E-state index in [1.54, 1.807) is 7.11 Å². The number of benzene rings is 2. The standard InChI is InChI=1S/C16H17BrClNO/c1-10-12(5-4-6-14(10)18)16(19-2)11-7-8-15(20-3)13(17)9-11/h4-9,16,19H,1-3H3. The van der Waals surface area contributed by atoms with Crippen LogP contribution in [-0.4, -0.2) is 14.2 Å². The Labute approximate surface area is 133 Å². The molecule has 1 unspecified atom stereocenters. The number of halogens is 2. The van der Waals surface area contributed by atoms with Gasteiger partial charge in [-0.3, -0.25) is 0 Å². The van der Waals surface area contributed by atoms with Crippen LogP contribution in [0.3, 0.4) is 0 Å². The van der Waals surface area contributed by atoms with Gasteiger partial charge in [-0.2, -0.15) is 0 Å². The molecule has 106 valence electrons. The number of rotatable bonds is 4. The van der Waals surface area contributed by atoms with E-state index in [1.807, 2.05) is 32.2 Å². The van der Waals surface area contributed by atoms with E-state index in [0.29, 0.717) is 0 Å². The highest BCUT2D eigenvalue weighted by Crippen LogP contribution is 2.33. The lowest BCUT2D eigenvalue weighted by Gasteiger charge is -2.21. The second kappa shape index (κ2) is 6.61. The summed E-state index contributed by atoms with van der Waals surface area (Å²) >= 11 is 9.76. The number of nitrogens with one attached hydrogen (secondary N) is 1. The molecule has 2 nitrogen and oxygen atoms in total. The molecule has 2 rings (SSSR count). The van der Waals surface area contributed by atoms with Gasteiger partial charge in [0.2, 0.25) is 0 Å². The molecule has 0 amide bonds. The topological polar surface area (TPSA) is 21.3 Å². The molecule has 2 aromatic carbocycles. The molecule has 0 bridgehead atoms. The summed E-state index contributed by atoms with van der Waals surface area (Å²) in [4.78, 5) is 0. The fourth-order valence-electron chi connectivity index (χ4n) is 2.30. The van der Waals surface area contributed by atoms with E-state index in [9.17, 15) is 0 Å². The van der Waals surface area contributed by atoms with Crippen LogP contribution < -0.4 is 10.1 Å². The first-order chi connectivity index (χ1) is 9.58. The van der Waals surface area contributed by atoms with Crippen LogP contribution in [0.15, 0.2) is 40.9 Å². The third-order valence-electron chi connectivity index (χ3n) is 3.42. The Kier molecular flexibility index (Phi) is 5.08. The van der Waals surface area contributed by atoms with Crippen molar-refractivity contribution in [3.8, 4) is 5.75 Å². The van der Waals surface area contributed by atoms with Gasteiger partial charge >= 0.3 is 0 Å². The van der Waals surface area contributed by atoms with Crippen molar-refractivity contribution in [2.24, 2.45) is 0 Å². The van der Waals surface area contributed by atoms with E-state index in [4.69, 9.17) is 16.3 Å².